The molecule has 42 heavy (non-hydrogen) atoms. The molecular formula is C32H28Cl2N4O4. The molecule has 0 aliphatic heterocycles. The zero-order valence-corrected chi connectivity index (χ0v) is 24.9. The molecule has 0 atom stereocenters. The van der Waals surface area contributed by atoms with Crippen LogP contribution in [0.1, 0.15) is 49.2 Å². The number of aromatic amines is 1. The number of aliphatic hydroxyl groups is 1. The Morgan fingerprint density at radius 2 is 1.81 bits per heavy atom. The smallest absolute Gasteiger partial charge is 0.340 e. The van der Waals surface area contributed by atoms with Crippen LogP contribution in [0.5, 0.6) is 0 Å². The molecule has 0 aliphatic rings. The van der Waals surface area contributed by atoms with E-state index >= 15 is 0 Å². The van der Waals surface area contributed by atoms with E-state index in [2.05, 4.69) is 11.6 Å². The third kappa shape index (κ3) is 4.67. The average Bonchev–Trinajstić information content (AvgIpc) is 3.30. The fraction of sp³-hybridized carbons (Fsp3) is 0.156. The van der Waals surface area contributed by atoms with Crippen LogP contribution in [0.25, 0.3) is 38.6 Å². The number of hydrogen-bond acceptors (Lipinski definition) is 4. The number of hydrogen-bond donors (Lipinski definition) is 3. The number of allylic oxidation sites excluding steroid dienone is 5. The second kappa shape index (κ2) is 10.5. The minimum absolute atomic E-state index is 0.192. The van der Waals surface area contributed by atoms with E-state index in [9.17, 15) is 19.5 Å². The van der Waals surface area contributed by atoms with E-state index in [0.29, 0.717) is 49.9 Å². The van der Waals surface area contributed by atoms with Crippen LogP contribution in [0.3, 0.4) is 0 Å². The highest BCUT2D eigenvalue weighted by molar-refractivity contribution is 6.36. The van der Waals surface area contributed by atoms with Gasteiger partial charge in [-0.25, -0.2) is 9.36 Å². The first-order chi connectivity index (χ1) is 19.8. The summed E-state index contributed by atoms with van der Waals surface area (Å²) >= 11 is 13.1. The Morgan fingerprint density at radius 1 is 1.10 bits per heavy atom. The fourth-order valence-electron chi connectivity index (χ4n) is 5.26. The van der Waals surface area contributed by atoms with Crippen molar-refractivity contribution in [3.63, 3.8) is 0 Å². The van der Waals surface area contributed by atoms with Crippen molar-refractivity contribution in [2.45, 2.75) is 33.3 Å². The molecule has 0 unspecified atom stereocenters. The number of halogens is 2. The molecule has 5 aromatic rings. The highest BCUT2D eigenvalue weighted by Crippen LogP contribution is 2.42. The molecule has 10 heteroatoms. The molecule has 0 saturated heterocycles. The van der Waals surface area contributed by atoms with Gasteiger partial charge in [-0.3, -0.25) is 14.0 Å². The normalized spacial score (nSPS) is 13.2. The Kier molecular flexibility index (Phi) is 7.27. The lowest BCUT2D eigenvalue weighted by Gasteiger charge is -2.18. The van der Waals surface area contributed by atoms with Gasteiger partial charge in [0.15, 0.2) is 0 Å². The highest BCUT2D eigenvalue weighted by atomic mass is 35.5. The number of nitrogens with two attached hydrogens (primary N) is 1. The lowest BCUT2D eigenvalue weighted by molar-refractivity contribution is 0.0787. The van der Waals surface area contributed by atoms with E-state index in [-0.39, 0.29) is 15.6 Å². The first kappa shape index (κ1) is 29.1. The number of amides is 1. The van der Waals surface area contributed by atoms with Gasteiger partial charge in [-0.05, 0) is 68.7 Å². The number of primary amides is 1. The van der Waals surface area contributed by atoms with Crippen molar-refractivity contribution < 1.29 is 9.90 Å². The second-order valence-corrected chi connectivity index (χ2v) is 11.4. The number of carbonyl (C=O) groups excluding carboxylic acids is 1. The summed E-state index contributed by atoms with van der Waals surface area (Å²) in [5.74, 6) is -0.671. The van der Waals surface area contributed by atoms with Gasteiger partial charge in [-0.15, -0.1) is 0 Å². The quantitative estimate of drug-likeness (QED) is 0.199. The highest BCUT2D eigenvalue weighted by Gasteiger charge is 2.24. The molecule has 3 aromatic heterocycles. The van der Waals surface area contributed by atoms with Crippen LogP contribution in [-0.2, 0) is 5.60 Å². The van der Waals surface area contributed by atoms with Gasteiger partial charge < -0.3 is 15.8 Å². The molecule has 0 aliphatic carbocycles. The van der Waals surface area contributed by atoms with Gasteiger partial charge in [-0.2, -0.15) is 0 Å². The monoisotopic (exact) mass is 602 g/mol. The predicted molar refractivity (Wildman–Crippen MR) is 170 cm³/mol. The maximum atomic E-state index is 13.5. The first-order valence-corrected chi connectivity index (χ1v) is 13.8. The molecular weight excluding hydrogens is 575 g/mol. The van der Waals surface area contributed by atoms with Gasteiger partial charge in [-0.1, -0.05) is 54.1 Å². The Labute approximate surface area is 250 Å². The van der Waals surface area contributed by atoms with E-state index in [1.54, 1.807) is 64.2 Å². The lowest BCUT2D eigenvalue weighted by Crippen LogP contribution is -2.36. The summed E-state index contributed by atoms with van der Waals surface area (Å²) in [6.07, 6.45) is 4.85. The third-order valence-electron chi connectivity index (χ3n) is 7.50. The average molecular weight is 604 g/mol. The Balaban J connectivity index is 1.87. The summed E-state index contributed by atoms with van der Waals surface area (Å²) in [7, 11) is 0. The molecule has 0 saturated carbocycles. The standard InChI is InChI=1S/C32H28Cl2N4O4/c1-6-8-19(16(2)17(3)38-26(39)15-25-22(33)9-7-12-37(25)31(38)41)27-23(34)14-21(30(35)40)29-28(27)20-11-10-18(32(4,5)42)13-24(20)36-29/h6-15,36,42H,1H2,2-5H3,(H2,35,40)/b17-16+,19-8+. The summed E-state index contributed by atoms with van der Waals surface area (Å²) < 4.78 is 2.38. The molecule has 214 valence electrons. The Hall–Kier alpha value is -4.37. The third-order valence-corrected chi connectivity index (χ3v) is 8.11. The molecule has 0 radical (unpaired) electrons. The van der Waals surface area contributed by atoms with Crippen molar-refractivity contribution in [3.8, 4) is 0 Å². The van der Waals surface area contributed by atoms with Crippen molar-refractivity contribution in [2.24, 2.45) is 5.73 Å². The van der Waals surface area contributed by atoms with Crippen LogP contribution in [0, 0.1) is 0 Å². The first-order valence-electron chi connectivity index (χ1n) is 13.0. The van der Waals surface area contributed by atoms with Crippen molar-refractivity contribution in [1.82, 2.24) is 14.0 Å². The number of nitrogens with zero attached hydrogens (tertiary/aromatic N) is 2. The number of rotatable bonds is 6. The molecule has 2 aromatic carbocycles. The van der Waals surface area contributed by atoms with Gasteiger partial charge in [0.2, 0.25) is 0 Å². The molecule has 5 rings (SSSR count). The Morgan fingerprint density at radius 3 is 2.45 bits per heavy atom. The minimum atomic E-state index is -1.10. The predicted octanol–water partition coefficient (Wildman–Crippen LogP) is 6.25. The van der Waals surface area contributed by atoms with E-state index in [0.717, 1.165) is 9.95 Å². The summed E-state index contributed by atoms with van der Waals surface area (Å²) in [5, 5.41) is 12.5. The molecule has 8 nitrogen and oxygen atoms in total. The van der Waals surface area contributed by atoms with E-state index in [4.69, 9.17) is 28.9 Å². The largest absolute Gasteiger partial charge is 0.386 e. The number of fused-ring (bicyclic) bond motifs is 4. The Bertz CT molecular complexity index is 2160. The molecule has 0 bridgehead atoms. The fourth-order valence-corrected chi connectivity index (χ4v) is 5.78. The van der Waals surface area contributed by atoms with Gasteiger partial charge in [0.25, 0.3) is 11.5 Å². The minimum Gasteiger partial charge on any atom is -0.386 e. The summed E-state index contributed by atoms with van der Waals surface area (Å²) in [5.41, 5.74) is 7.84. The summed E-state index contributed by atoms with van der Waals surface area (Å²) in [6.45, 7) is 10.7. The molecule has 4 N–H and O–H groups in total. The van der Waals surface area contributed by atoms with Crippen LogP contribution in [-0.4, -0.2) is 25.0 Å². The van der Waals surface area contributed by atoms with Crippen LogP contribution < -0.4 is 17.0 Å². The number of H-pyrrole nitrogens is 1. The second-order valence-electron chi connectivity index (χ2n) is 10.6. The zero-order chi connectivity index (χ0) is 30.7. The molecule has 3 heterocycles. The number of aromatic nitrogens is 3. The van der Waals surface area contributed by atoms with Crippen molar-refractivity contribution in [1.29, 1.82) is 0 Å². The van der Waals surface area contributed by atoms with Crippen molar-refractivity contribution >= 4 is 67.7 Å². The zero-order valence-electron chi connectivity index (χ0n) is 23.4. The number of nitrogens with one attached hydrogen (secondary N) is 1. The molecule has 0 spiro atoms. The van der Waals surface area contributed by atoms with E-state index < -0.39 is 22.8 Å². The maximum Gasteiger partial charge on any atom is 0.340 e. The van der Waals surface area contributed by atoms with Crippen molar-refractivity contribution in [2.75, 3.05) is 0 Å². The SMILES string of the molecule is C=C/C=C(\C(C)=C(/C)n1c(=O)cc2c(Cl)cccn2c1=O)c1c(Cl)cc(C(N)=O)c2[nH]c3cc(C(C)(C)O)ccc3c12. The van der Waals surface area contributed by atoms with E-state index in [1.807, 2.05) is 12.1 Å². The van der Waals surface area contributed by atoms with Gasteiger partial charge in [0.05, 0.1) is 27.2 Å². The van der Waals surface area contributed by atoms with Crippen LogP contribution in [0.15, 0.2) is 82.6 Å². The summed E-state index contributed by atoms with van der Waals surface area (Å²) in [6, 6.07) is 11.5. The van der Waals surface area contributed by atoms with Crippen LogP contribution in [0.2, 0.25) is 10.0 Å². The van der Waals surface area contributed by atoms with Gasteiger partial charge >= 0.3 is 5.69 Å². The maximum absolute atomic E-state index is 13.5. The van der Waals surface area contributed by atoms with Crippen LogP contribution >= 0.6 is 23.2 Å². The number of carbonyl (C=O) groups is 1. The number of pyridine rings is 1. The topological polar surface area (TPSA) is 123 Å². The van der Waals surface area contributed by atoms with Gasteiger partial charge in [0.1, 0.15) is 0 Å². The van der Waals surface area contributed by atoms with Gasteiger partial charge in [0, 0.05) is 44.8 Å². The number of benzene rings is 2. The molecule has 1 amide bonds. The lowest BCUT2D eigenvalue weighted by atomic mass is 9.90. The molecule has 0 fully saturated rings. The van der Waals surface area contributed by atoms with Crippen molar-refractivity contribution in [3.05, 3.63) is 121 Å². The van der Waals surface area contributed by atoms with E-state index in [1.165, 1.54) is 16.5 Å². The summed E-state index contributed by atoms with van der Waals surface area (Å²) in [4.78, 5) is 42.5. The van der Waals surface area contributed by atoms with Crippen LogP contribution in [0.4, 0.5) is 0 Å².